The molecule has 3 aliphatic rings. The van der Waals surface area contributed by atoms with Crippen molar-refractivity contribution in [1.29, 1.82) is 5.26 Å². The number of nitriles is 1. The van der Waals surface area contributed by atoms with Crippen molar-refractivity contribution >= 4 is 39.9 Å². The highest BCUT2D eigenvalue weighted by Gasteiger charge is 2.75. The Morgan fingerprint density at radius 2 is 1.81 bits per heavy atom. The molecule has 3 fully saturated rings. The van der Waals surface area contributed by atoms with Crippen LogP contribution in [0.4, 0.5) is 5.69 Å². The van der Waals surface area contributed by atoms with Gasteiger partial charge in [0.05, 0.1) is 45.9 Å². The first-order valence-corrected chi connectivity index (χ1v) is 13.0. The van der Waals surface area contributed by atoms with Crippen molar-refractivity contribution in [1.82, 2.24) is 4.98 Å². The number of aromatic nitrogens is 1. The van der Waals surface area contributed by atoms with E-state index in [0.29, 0.717) is 48.0 Å². The second kappa shape index (κ2) is 8.83. The lowest BCUT2D eigenvalue weighted by Crippen LogP contribution is -2.43. The van der Waals surface area contributed by atoms with Crippen molar-refractivity contribution < 1.29 is 19.1 Å². The molecule has 2 bridgehead atoms. The van der Waals surface area contributed by atoms with E-state index in [1.165, 1.54) is 11.1 Å². The Hall–Kier alpha value is -3.47. The molecule has 7 nitrogen and oxygen atoms in total. The summed E-state index contributed by atoms with van der Waals surface area (Å²) in [5.41, 5.74) is -0.780. The smallest absolute Gasteiger partial charge is 0.240 e. The van der Waals surface area contributed by atoms with Gasteiger partial charge in [0.2, 0.25) is 17.7 Å². The Morgan fingerprint density at radius 3 is 2.49 bits per heavy atom. The molecule has 0 spiro atoms. The van der Waals surface area contributed by atoms with Crippen molar-refractivity contribution in [2.45, 2.75) is 50.2 Å². The van der Waals surface area contributed by atoms with Gasteiger partial charge in [0.25, 0.3) is 0 Å². The van der Waals surface area contributed by atoms with Crippen molar-refractivity contribution in [2.24, 2.45) is 11.8 Å². The second-order valence-electron chi connectivity index (χ2n) is 10.2. The molecule has 1 aromatic heterocycles. The van der Waals surface area contributed by atoms with Gasteiger partial charge in [-0.15, -0.1) is 0 Å². The van der Waals surface area contributed by atoms with Crippen LogP contribution in [-0.4, -0.2) is 34.6 Å². The molecule has 6 rings (SSSR count). The third-order valence-electron chi connectivity index (χ3n) is 8.23. The number of hydrogen-bond acceptors (Lipinski definition) is 6. The maximum absolute atomic E-state index is 14.1. The van der Waals surface area contributed by atoms with Crippen LogP contribution in [0.1, 0.15) is 44.6 Å². The van der Waals surface area contributed by atoms with Gasteiger partial charge < -0.3 is 9.47 Å². The van der Waals surface area contributed by atoms with Crippen LogP contribution < -0.4 is 9.64 Å². The number of carbonyl (C=O) groups is 2. The molecule has 0 radical (unpaired) electrons. The Bertz CT molecular complexity index is 1450. The molecule has 188 valence electrons. The quantitative estimate of drug-likeness (QED) is 0.389. The first-order valence-electron chi connectivity index (χ1n) is 12.7. The zero-order valence-corrected chi connectivity index (χ0v) is 21.2. The summed E-state index contributed by atoms with van der Waals surface area (Å²) < 4.78 is 12.6. The number of hydrogen-bond donors (Lipinski definition) is 0. The Balaban J connectivity index is 1.36. The van der Waals surface area contributed by atoms with Gasteiger partial charge in [-0.1, -0.05) is 55.3 Å². The summed E-state index contributed by atoms with van der Waals surface area (Å²) in [4.78, 5) is 33.5. The van der Waals surface area contributed by atoms with Crippen LogP contribution in [0, 0.1) is 23.2 Å². The molecule has 4 heterocycles. The summed E-state index contributed by atoms with van der Waals surface area (Å²) in [6.07, 6.45) is 4.92. The van der Waals surface area contributed by atoms with Crippen LogP contribution in [0.25, 0.3) is 10.8 Å². The second-order valence-corrected chi connectivity index (χ2v) is 10.6. The number of fused-ring (bicyclic) bond motifs is 6. The number of halogens is 1. The number of imide groups is 1. The Morgan fingerprint density at radius 1 is 1.08 bits per heavy atom. The van der Waals surface area contributed by atoms with E-state index in [0.717, 1.165) is 23.6 Å². The van der Waals surface area contributed by atoms with Gasteiger partial charge in [-0.2, -0.15) is 5.26 Å². The highest BCUT2D eigenvalue weighted by atomic mass is 35.5. The van der Waals surface area contributed by atoms with E-state index in [2.05, 4.69) is 18.0 Å². The van der Waals surface area contributed by atoms with E-state index in [-0.39, 0.29) is 11.8 Å². The molecular formula is C29H26ClN3O4. The van der Waals surface area contributed by atoms with Crippen LogP contribution in [0.5, 0.6) is 5.88 Å². The molecule has 0 saturated carbocycles. The molecule has 2 aromatic carbocycles. The molecule has 4 atom stereocenters. The molecule has 4 unspecified atom stereocenters. The summed E-state index contributed by atoms with van der Waals surface area (Å²) in [5.74, 6) is -1.29. The lowest BCUT2D eigenvalue weighted by molar-refractivity contribution is -0.132. The fraction of sp³-hybridized carbons (Fsp3) is 0.379. The maximum atomic E-state index is 14.1. The molecule has 0 N–H and O–H groups in total. The minimum absolute atomic E-state index is 0.267. The highest BCUT2D eigenvalue weighted by Crippen LogP contribution is 2.64. The summed E-state index contributed by atoms with van der Waals surface area (Å²) in [5, 5.41) is 12.2. The van der Waals surface area contributed by atoms with Crippen LogP contribution in [0.2, 0.25) is 5.02 Å². The zero-order chi connectivity index (χ0) is 25.8. The van der Waals surface area contributed by atoms with Gasteiger partial charge in [-0.05, 0) is 36.8 Å². The molecule has 3 aromatic rings. The number of ether oxygens (including phenoxy) is 2. The zero-order valence-electron chi connectivity index (χ0n) is 20.4. The van der Waals surface area contributed by atoms with Gasteiger partial charge in [-0.3, -0.25) is 9.59 Å². The Kier molecular flexibility index (Phi) is 5.70. The van der Waals surface area contributed by atoms with Gasteiger partial charge in [0.15, 0.2) is 0 Å². The molecule has 8 heteroatoms. The van der Waals surface area contributed by atoms with Crippen LogP contribution in [0.3, 0.4) is 0 Å². The average Bonchev–Trinajstić information content (AvgIpc) is 3.50. The van der Waals surface area contributed by atoms with E-state index in [4.69, 9.17) is 21.1 Å². The Labute approximate surface area is 219 Å². The summed E-state index contributed by atoms with van der Waals surface area (Å²) in [7, 11) is 0. The van der Waals surface area contributed by atoms with E-state index in [1.807, 2.05) is 30.3 Å². The summed E-state index contributed by atoms with van der Waals surface area (Å²) in [6.45, 7) is 2.36. The van der Waals surface area contributed by atoms with Crippen molar-refractivity contribution in [3.05, 3.63) is 65.3 Å². The van der Waals surface area contributed by atoms with Crippen LogP contribution >= 0.6 is 11.6 Å². The lowest BCUT2D eigenvalue weighted by atomic mass is 9.65. The van der Waals surface area contributed by atoms with Crippen LogP contribution in [0.15, 0.2) is 54.7 Å². The van der Waals surface area contributed by atoms with Gasteiger partial charge in [0.1, 0.15) is 6.07 Å². The number of nitrogens with zero attached hydrogens (tertiary/aromatic N) is 3. The SMILES string of the molecule is CCCC12CCC(CCOc3ccc(Cl)cn3)(O1)C1C(=O)N(c3ccc4ccccc4c3C#N)C(=O)C12. The minimum Gasteiger partial charge on any atom is -0.478 e. The lowest BCUT2D eigenvalue weighted by Gasteiger charge is -2.31. The van der Waals surface area contributed by atoms with Crippen molar-refractivity contribution in [2.75, 3.05) is 11.5 Å². The number of anilines is 1. The fourth-order valence-corrected chi connectivity index (χ4v) is 6.87. The van der Waals surface area contributed by atoms with E-state index in [9.17, 15) is 14.9 Å². The summed E-state index contributed by atoms with van der Waals surface area (Å²) in [6, 6.07) is 16.7. The number of rotatable bonds is 7. The van der Waals surface area contributed by atoms with E-state index in [1.54, 1.807) is 18.2 Å². The first kappa shape index (κ1) is 23.9. The summed E-state index contributed by atoms with van der Waals surface area (Å²) >= 11 is 5.92. The third kappa shape index (κ3) is 3.54. The van der Waals surface area contributed by atoms with Gasteiger partial charge in [-0.25, -0.2) is 9.88 Å². The van der Waals surface area contributed by atoms with Crippen LogP contribution in [-0.2, 0) is 14.3 Å². The molecule has 37 heavy (non-hydrogen) atoms. The predicted octanol–water partition coefficient (Wildman–Crippen LogP) is 5.44. The molecule has 0 aliphatic carbocycles. The number of pyridine rings is 1. The largest absolute Gasteiger partial charge is 0.478 e. The first-order chi connectivity index (χ1) is 17.9. The van der Waals surface area contributed by atoms with Gasteiger partial charge >= 0.3 is 0 Å². The number of amides is 2. The fourth-order valence-electron chi connectivity index (χ4n) is 6.76. The standard InChI is InChI=1S/C29H26ClN3O4/c1-2-11-28-12-13-29(37-28,14-15-36-23-10-8-19(30)17-32-23)25-24(28)26(34)33(27(25)35)22-9-7-18-5-3-4-6-20(18)21(22)16-31/h3-10,17,24-25H,2,11-15H2,1H3. The number of benzene rings is 2. The van der Waals surface area contributed by atoms with Gasteiger partial charge in [0, 0.05) is 24.1 Å². The maximum Gasteiger partial charge on any atom is 0.240 e. The topological polar surface area (TPSA) is 92.5 Å². The van der Waals surface area contributed by atoms with Crippen molar-refractivity contribution in [3.8, 4) is 11.9 Å². The molecule has 2 amide bonds. The normalized spacial score (nSPS) is 28.1. The van der Waals surface area contributed by atoms with E-state index >= 15 is 0 Å². The molecule has 3 saturated heterocycles. The predicted molar refractivity (Wildman–Crippen MR) is 138 cm³/mol. The average molecular weight is 516 g/mol. The number of carbonyl (C=O) groups excluding carboxylic acids is 2. The minimum atomic E-state index is -0.794. The molecule has 3 aliphatic heterocycles. The van der Waals surface area contributed by atoms with Crippen molar-refractivity contribution in [3.63, 3.8) is 0 Å². The molecular weight excluding hydrogens is 490 g/mol. The monoisotopic (exact) mass is 515 g/mol. The highest BCUT2D eigenvalue weighted by molar-refractivity contribution is 6.30. The van der Waals surface area contributed by atoms with E-state index < -0.39 is 23.0 Å². The third-order valence-corrected chi connectivity index (χ3v) is 8.45.